The van der Waals surface area contributed by atoms with Crippen LogP contribution in [0.25, 0.3) is 23.0 Å². The van der Waals surface area contributed by atoms with Gasteiger partial charge in [0.15, 0.2) is 11.6 Å². The van der Waals surface area contributed by atoms with Gasteiger partial charge in [-0.25, -0.2) is 39.9 Å². The molecule has 5 rings (SSSR count). The van der Waals surface area contributed by atoms with E-state index in [1.807, 2.05) is 38.1 Å². The lowest BCUT2D eigenvalue weighted by Crippen LogP contribution is -1.96. The normalized spacial score (nSPS) is 9.73. The van der Waals surface area contributed by atoms with Crippen LogP contribution in [0.2, 0.25) is 15.6 Å². The summed E-state index contributed by atoms with van der Waals surface area (Å²) < 4.78 is 0. The number of nitrogens with zero attached hydrogens (tertiary/aromatic N) is 10. The van der Waals surface area contributed by atoms with Crippen molar-refractivity contribution in [2.75, 3.05) is 0 Å². The van der Waals surface area contributed by atoms with Crippen molar-refractivity contribution < 1.29 is 0 Å². The molecule has 13 heteroatoms. The topological polar surface area (TPSA) is 140 Å². The van der Waals surface area contributed by atoms with Crippen LogP contribution in [0.15, 0.2) is 67.3 Å². The Balaban J connectivity index is 0.000000159. The first kappa shape index (κ1) is 27.4. The summed E-state index contributed by atoms with van der Waals surface area (Å²) in [5, 5.41) is 9.17. The summed E-state index contributed by atoms with van der Waals surface area (Å²) in [7, 11) is 0. The van der Waals surface area contributed by atoms with Crippen LogP contribution in [0.1, 0.15) is 17.2 Å². The molecule has 0 atom stereocenters. The van der Waals surface area contributed by atoms with Crippen molar-refractivity contribution in [3.05, 3.63) is 100 Å². The van der Waals surface area contributed by atoms with Crippen LogP contribution in [-0.2, 0) is 0 Å². The minimum absolute atomic E-state index is 0.136. The maximum Gasteiger partial charge on any atom is 0.225 e. The van der Waals surface area contributed by atoms with Gasteiger partial charge >= 0.3 is 0 Å². The molecule has 0 amide bonds. The summed E-state index contributed by atoms with van der Waals surface area (Å²) in [5.74, 6) is 1.74. The van der Waals surface area contributed by atoms with Crippen LogP contribution in [0.5, 0.6) is 0 Å². The molecule has 5 aromatic heterocycles. The van der Waals surface area contributed by atoms with Gasteiger partial charge in [0.25, 0.3) is 0 Å². The van der Waals surface area contributed by atoms with Gasteiger partial charge in [0.05, 0.1) is 0 Å². The standard InChI is InChI=1S/C10H10N4.C8H4Cl2N4.C6H3ClN2/c1-7-4-3-5-9(13-7)10-12-6-11-8(2)14-10;9-6-3-1-2-5(13-6)7-11-4-12-8(10)14-7;7-6-3-1-2-5(4-8)9-6/h3-6H,1-2H3;1-4H;1-3H. The molecule has 0 aliphatic carbocycles. The van der Waals surface area contributed by atoms with Crippen molar-refractivity contribution in [3.8, 4) is 29.1 Å². The van der Waals surface area contributed by atoms with Gasteiger partial charge in [-0.05, 0) is 61.8 Å². The van der Waals surface area contributed by atoms with Gasteiger partial charge in [0.2, 0.25) is 5.28 Å². The maximum atomic E-state index is 8.29. The first-order valence-electron chi connectivity index (χ1n) is 10.4. The van der Waals surface area contributed by atoms with E-state index in [1.165, 1.54) is 12.7 Å². The van der Waals surface area contributed by atoms with Crippen LogP contribution in [-0.4, -0.2) is 44.9 Å². The number of aryl methyl sites for hydroxylation is 2. The van der Waals surface area contributed by atoms with E-state index in [1.54, 1.807) is 36.4 Å². The summed E-state index contributed by atoms with van der Waals surface area (Å²) >= 11 is 16.8. The van der Waals surface area contributed by atoms with Crippen molar-refractivity contribution in [3.63, 3.8) is 0 Å². The van der Waals surface area contributed by atoms with Crippen molar-refractivity contribution in [2.24, 2.45) is 0 Å². The van der Waals surface area contributed by atoms with Gasteiger partial charge in [-0.2, -0.15) is 10.2 Å². The van der Waals surface area contributed by atoms with Crippen LogP contribution < -0.4 is 0 Å². The molecule has 5 heterocycles. The van der Waals surface area contributed by atoms with Crippen molar-refractivity contribution >= 4 is 34.8 Å². The van der Waals surface area contributed by atoms with Crippen LogP contribution in [0, 0.1) is 25.2 Å². The third-order valence-electron chi connectivity index (χ3n) is 4.13. The summed E-state index contributed by atoms with van der Waals surface area (Å²) in [6, 6.07) is 17.8. The molecule has 0 aliphatic rings. The zero-order valence-corrected chi connectivity index (χ0v) is 21.7. The van der Waals surface area contributed by atoms with Gasteiger partial charge in [-0.3, -0.25) is 0 Å². The molecule has 0 saturated heterocycles. The summed E-state index contributed by atoms with van der Waals surface area (Å²) in [6.07, 6.45) is 2.83. The quantitative estimate of drug-likeness (QED) is 0.262. The minimum atomic E-state index is 0.136. The molecule has 0 aliphatic heterocycles. The molecule has 0 saturated carbocycles. The fourth-order valence-corrected chi connectivity index (χ4v) is 3.02. The Morgan fingerprint density at radius 2 is 1.22 bits per heavy atom. The number of nitriles is 1. The Kier molecular flexibility index (Phi) is 10.2. The fraction of sp³-hybridized carbons (Fsp3) is 0.0833. The average molecular weight is 552 g/mol. The molecular formula is C24H17Cl3N10. The monoisotopic (exact) mass is 550 g/mol. The highest BCUT2D eigenvalue weighted by molar-refractivity contribution is 6.29. The average Bonchev–Trinajstić information content (AvgIpc) is 2.89. The van der Waals surface area contributed by atoms with E-state index in [0.717, 1.165) is 11.4 Å². The van der Waals surface area contributed by atoms with Crippen molar-refractivity contribution in [1.82, 2.24) is 44.9 Å². The van der Waals surface area contributed by atoms with Crippen LogP contribution >= 0.6 is 34.8 Å². The van der Waals surface area contributed by atoms with Crippen molar-refractivity contribution in [2.45, 2.75) is 13.8 Å². The predicted molar refractivity (Wildman–Crippen MR) is 140 cm³/mol. The Morgan fingerprint density at radius 3 is 1.78 bits per heavy atom. The smallest absolute Gasteiger partial charge is 0.225 e. The highest BCUT2D eigenvalue weighted by Crippen LogP contribution is 2.15. The van der Waals surface area contributed by atoms with Crippen LogP contribution in [0.4, 0.5) is 0 Å². The number of hydrogen-bond acceptors (Lipinski definition) is 10. The predicted octanol–water partition coefficient (Wildman–Crippen LogP) is 5.40. The molecule has 0 unspecified atom stereocenters. The fourth-order valence-electron chi connectivity index (χ4n) is 2.57. The first-order valence-corrected chi connectivity index (χ1v) is 11.6. The van der Waals surface area contributed by atoms with E-state index in [4.69, 9.17) is 40.1 Å². The molecular weight excluding hydrogens is 535 g/mol. The second-order valence-electron chi connectivity index (χ2n) is 6.90. The zero-order chi connectivity index (χ0) is 26.6. The highest BCUT2D eigenvalue weighted by atomic mass is 35.5. The van der Waals surface area contributed by atoms with E-state index in [0.29, 0.717) is 39.2 Å². The summed E-state index contributed by atoms with van der Waals surface area (Å²) in [4.78, 5) is 35.8. The van der Waals surface area contributed by atoms with E-state index in [2.05, 4.69) is 44.9 Å². The molecule has 0 aromatic carbocycles. The van der Waals surface area contributed by atoms with E-state index < -0.39 is 0 Å². The number of hydrogen-bond donors (Lipinski definition) is 0. The molecule has 184 valence electrons. The van der Waals surface area contributed by atoms with Crippen molar-refractivity contribution in [1.29, 1.82) is 5.26 Å². The lowest BCUT2D eigenvalue weighted by molar-refractivity contribution is 0.971. The first-order chi connectivity index (χ1) is 17.8. The lowest BCUT2D eigenvalue weighted by Gasteiger charge is -1.99. The van der Waals surface area contributed by atoms with Gasteiger partial charge in [-0.1, -0.05) is 41.4 Å². The zero-order valence-electron chi connectivity index (χ0n) is 19.5. The Morgan fingerprint density at radius 1 is 0.622 bits per heavy atom. The Hall–Kier alpha value is -4.17. The highest BCUT2D eigenvalue weighted by Gasteiger charge is 2.04. The molecule has 0 radical (unpaired) electrons. The third kappa shape index (κ3) is 9.09. The Bertz CT molecular complexity index is 1350. The Labute approximate surface area is 227 Å². The molecule has 37 heavy (non-hydrogen) atoms. The van der Waals surface area contributed by atoms with Gasteiger partial charge in [0, 0.05) is 5.69 Å². The maximum absolute atomic E-state index is 8.29. The third-order valence-corrected chi connectivity index (χ3v) is 4.73. The molecule has 5 aromatic rings. The molecule has 0 N–H and O–H groups in total. The van der Waals surface area contributed by atoms with E-state index >= 15 is 0 Å². The second-order valence-corrected chi connectivity index (χ2v) is 8.01. The largest absolute Gasteiger partial charge is 0.250 e. The van der Waals surface area contributed by atoms with Crippen LogP contribution in [0.3, 0.4) is 0 Å². The molecule has 0 fully saturated rings. The van der Waals surface area contributed by atoms with E-state index in [9.17, 15) is 0 Å². The summed E-state index contributed by atoms with van der Waals surface area (Å²) in [5.41, 5.74) is 2.67. The molecule has 10 nitrogen and oxygen atoms in total. The molecule has 0 spiro atoms. The SMILES string of the molecule is Cc1cccc(-c2ncnc(C)n2)n1.Clc1cccc(-c2ncnc(Cl)n2)n1.N#Cc1cccc(Cl)n1. The number of aromatic nitrogens is 9. The van der Waals surface area contributed by atoms with E-state index in [-0.39, 0.29) is 5.28 Å². The minimum Gasteiger partial charge on any atom is -0.250 e. The van der Waals surface area contributed by atoms with Gasteiger partial charge in [-0.15, -0.1) is 0 Å². The summed E-state index contributed by atoms with van der Waals surface area (Å²) in [6.45, 7) is 3.78. The molecule has 0 bridgehead atoms. The second kappa shape index (κ2) is 13.8. The van der Waals surface area contributed by atoms with Gasteiger partial charge in [0.1, 0.15) is 51.9 Å². The number of halogens is 3. The number of rotatable bonds is 2. The number of pyridine rings is 3. The van der Waals surface area contributed by atoms with Gasteiger partial charge < -0.3 is 0 Å². The lowest BCUT2D eigenvalue weighted by atomic mass is 10.3.